The fourth-order valence-electron chi connectivity index (χ4n) is 2.79. The highest BCUT2D eigenvalue weighted by molar-refractivity contribution is 14.1. The van der Waals surface area contributed by atoms with E-state index >= 15 is 0 Å². The SMILES string of the molecule is COc1ccc(C(=O)NC(=S)Nc2ccc(S(=O)(=O)N3CCOCC3)cc2)cc1I. The van der Waals surface area contributed by atoms with Gasteiger partial charge in [0, 0.05) is 24.3 Å². The van der Waals surface area contributed by atoms with E-state index in [0.29, 0.717) is 43.3 Å². The van der Waals surface area contributed by atoms with E-state index in [4.69, 9.17) is 21.7 Å². The van der Waals surface area contributed by atoms with Gasteiger partial charge in [-0.05, 0) is 77.3 Å². The topological polar surface area (TPSA) is 97.0 Å². The van der Waals surface area contributed by atoms with Gasteiger partial charge in [0.05, 0.1) is 28.8 Å². The third-order valence-corrected chi connectivity index (χ3v) is 7.32. The molecule has 1 aliphatic rings. The van der Waals surface area contributed by atoms with Crippen molar-refractivity contribution in [1.82, 2.24) is 9.62 Å². The molecule has 0 aromatic heterocycles. The highest BCUT2D eigenvalue weighted by Crippen LogP contribution is 2.22. The van der Waals surface area contributed by atoms with E-state index < -0.39 is 10.0 Å². The number of halogens is 1. The summed E-state index contributed by atoms with van der Waals surface area (Å²) < 4.78 is 37.9. The third-order valence-electron chi connectivity index (χ3n) is 4.36. The second kappa shape index (κ2) is 10.0. The van der Waals surface area contributed by atoms with Crippen molar-refractivity contribution in [1.29, 1.82) is 0 Å². The van der Waals surface area contributed by atoms with Gasteiger partial charge in [-0.2, -0.15) is 4.31 Å². The first-order valence-electron chi connectivity index (χ1n) is 8.95. The van der Waals surface area contributed by atoms with Gasteiger partial charge in [-0.15, -0.1) is 0 Å². The van der Waals surface area contributed by atoms with Crippen LogP contribution in [-0.2, 0) is 14.8 Å². The van der Waals surface area contributed by atoms with Gasteiger partial charge in [-0.3, -0.25) is 10.1 Å². The molecule has 2 N–H and O–H groups in total. The number of ether oxygens (including phenoxy) is 2. The molecule has 8 nitrogen and oxygen atoms in total. The molecule has 0 saturated carbocycles. The number of amides is 1. The Morgan fingerprint density at radius 2 is 1.83 bits per heavy atom. The molecule has 1 fully saturated rings. The van der Waals surface area contributed by atoms with Crippen LogP contribution in [0.4, 0.5) is 5.69 Å². The van der Waals surface area contributed by atoms with Crippen LogP contribution in [0.5, 0.6) is 5.75 Å². The average Bonchev–Trinajstić information content (AvgIpc) is 2.74. The van der Waals surface area contributed by atoms with E-state index in [1.165, 1.54) is 16.4 Å². The summed E-state index contributed by atoms with van der Waals surface area (Å²) in [6.45, 7) is 1.45. The zero-order valence-corrected chi connectivity index (χ0v) is 19.8. The molecule has 0 atom stereocenters. The number of methoxy groups -OCH3 is 1. The van der Waals surface area contributed by atoms with Crippen molar-refractivity contribution >= 4 is 61.5 Å². The highest BCUT2D eigenvalue weighted by atomic mass is 127. The van der Waals surface area contributed by atoms with Crippen molar-refractivity contribution in [3.8, 4) is 5.75 Å². The summed E-state index contributed by atoms with van der Waals surface area (Å²) in [5, 5.41) is 5.59. The number of anilines is 1. The largest absolute Gasteiger partial charge is 0.496 e. The van der Waals surface area contributed by atoms with Crippen LogP contribution in [0.25, 0.3) is 0 Å². The Bertz CT molecular complexity index is 1040. The van der Waals surface area contributed by atoms with Crippen molar-refractivity contribution in [2.24, 2.45) is 0 Å². The van der Waals surface area contributed by atoms with E-state index in [9.17, 15) is 13.2 Å². The number of carbonyl (C=O) groups is 1. The van der Waals surface area contributed by atoms with Gasteiger partial charge in [0.15, 0.2) is 5.11 Å². The molecule has 1 saturated heterocycles. The molecule has 0 spiro atoms. The highest BCUT2D eigenvalue weighted by Gasteiger charge is 2.26. The number of sulfonamides is 1. The van der Waals surface area contributed by atoms with Gasteiger partial charge in [0.1, 0.15) is 5.75 Å². The monoisotopic (exact) mass is 561 g/mol. The van der Waals surface area contributed by atoms with Gasteiger partial charge in [-0.1, -0.05) is 0 Å². The zero-order chi connectivity index (χ0) is 21.7. The molecular weight excluding hydrogens is 541 g/mol. The van der Waals surface area contributed by atoms with Gasteiger partial charge in [0.2, 0.25) is 10.0 Å². The predicted octanol–water partition coefficient (Wildman–Crippen LogP) is 2.45. The molecule has 1 heterocycles. The van der Waals surface area contributed by atoms with Gasteiger partial charge in [-0.25, -0.2) is 8.42 Å². The second-order valence-corrected chi connectivity index (χ2v) is 9.81. The minimum atomic E-state index is -3.56. The number of rotatable bonds is 5. The van der Waals surface area contributed by atoms with E-state index in [-0.39, 0.29) is 15.9 Å². The van der Waals surface area contributed by atoms with Crippen molar-refractivity contribution in [2.45, 2.75) is 4.90 Å². The van der Waals surface area contributed by atoms with Crippen LogP contribution in [0, 0.1) is 3.57 Å². The van der Waals surface area contributed by atoms with Crippen LogP contribution >= 0.6 is 34.8 Å². The normalized spacial score (nSPS) is 14.7. The van der Waals surface area contributed by atoms with Crippen LogP contribution in [0.1, 0.15) is 10.4 Å². The maximum atomic E-state index is 12.7. The van der Waals surface area contributed by atoms with Crippen LogP contribution < -0.4 is 15.4 Å². The summed E-state index contributed by atoms with van der Waals surface area (Å²) in [5.74, 6) is 0.319. The summed E-state index contributed by atoms with van der Waals surface area (Å²) in [5.41, 5.74) is 1.00. The molecule has 0 unspecified atom stereocenters. The van der Waals surface area contributed by atoms with Crippen LogP contribution in [0.15, 0.2) is 47.4 Å². The van der Waals surface area contributed by atoms with E-state index in [2.05, 4.69) is 33.2 Å². The first-order chi connectivity index (χ1) is 14.3. The lowest BCUT2D eigenvalue weighted by molar-refractivity contribution is 0.0730. The number of thiocarbonyl (C=S) groups is 1. The Kier molecular flexibility index (Phi) is 7.63. The quantitative estimate of drug-likeness (QED) is 0.428. The number of nitrogens with zero attached hydrogens (tertiary/aromatic N) is 1. The number of carbonyl (C=O) groups excluding carboxylic acids is 1. The average molecular weight is 561 g/mol. The molecule has 160 valence electrons. The molecule has 2 aromatic rings. The van der Waals surface area contributed by atoms with Crippen molar-refractivity contribution in [3.05, 3.63) is 51.6 Å². The number of nitrogens with one attached hydrogen (secondary N) is 2. The maximum absolute atomic E-state index is 12.7. The predicted molar refractivity (Wildman–Crippen MR) is 125 cm³/mol. The molecule has 2 aromatic carbocycles. The Morgan fingerprint density at radius 3 is 2.43 bits per heavy atom. The summed E-state index contributed by atoms with van der Waals surface area (Å²) >= 11 is 7.28. The number of hydrogen-bond acceptors (Lipinski definition) is 6. The van der Waals surface area contributed by atoms with Gasteiger partial charge < -0.3 is 14.8 Å². The third kappa shape index (κ3) is 5.46. The molecular formula is C19H20IN3O5S2. The molecule has 0 bridgehead atoms. The number of benzene rings is 2. The van der Waals surface area contributed by atoms with Crippen molar-refractivity contribution in [3.63, 3.8) is 0 Å². The summed E-state index contributed by atoms with van der Waals surface area (Å²) in [4.78, 5) is 12.6. The molecule has 0 aliphatic carbocycles. The zero-order valence-electron chi connectivity index (χ0n) is 16.1. The summed E-state index contributed by atoms with van der Waals surface area (Å²) in [6, 6.07) is 11.3. The second-order valence-electron chi connectivity index (χ2n) is 6.30. The standard InChI is InChI=1S/C19H20IN3O5S2/c1-27-17-7-2-13(12-16(17)20)18(24)22-19(29)21-14-3-5-15(6-4-14)30(25,26)23-8-10-28-11-9-23/h2-7,12H,8-11H2,1H3,(H2,21,22,24,29). The lowest BCUT2D eigenvalue weighted by Gasteiger charge is -2.26. The Morgan fingerprint density at radius 1 is 1.17 bits per heavy atom. The van der Waals surface area contributed by atoms with E-state index in [0.717, 1.165) is 3.57 Å². The molecule has 3 rings (SSSR count). The first-order valence-corrected chi connectivity index (χ1v) is 11.9. The van der Waals surface area contributed by atoms with Gasteiger partial charge in [0.25, 0.3) is 5.91 Å². The fraction of sp³-hybridized carbons (Fsp3) is 0.263. The Balaban J connectivity index is 1.61. The minimum Gasteiger partial charge on any atom is -0.496 e. The van der Waals surface area contributed by atoms with Gasteiger partial charge >= 0.3 is 0 Å². The number of morpholine rings is 1. The molecule has 1 aliphatic heterocycles. The van der Waals surface area contributed by atoms with Crippen molar-refractivity contribution in [2.75, 3.05) is 38.7 Å². The van der Waals surface area contributed by atoms with E-state index in [1.54, 1.807) is 37.4 Å². The van der Waals surface area contributed by atoms with E-state index in [1.807, 2.05) is 0 Å². The fourth-order valence-corrected chi connectivity index (χ4v) is 5.15. The lowest BCUT2D eigenvalue weighted by Crippen LogP contribution is -2.40. The summed E-state index contributed by atoms with van der Waals surface area (Å²) in [6.07, 6.45) is 0. The Labute approximate surface area is 194 Å². The van der Waals surface area contributed by atoms with Crippen LogP contribution in [0.2, 0.25) is 0 Å². The minimum absolute atomic E-state index is 0.106. The molecule has 1 amide bonds. The summed E-state index contributed by atoms with van der Waals surface area (Å²) in [7, 11) is -2.00. The molecule has 30 heavy (non-hydrogen) atoms. The number of hydrogen-bond donors (Lipinski definition) is 2. The Hall–Kier alpha value is -1.80. The van der Waals surface area contributed by atoms with Crippen LogP contribution in [0.3, 0.4) is 0 Å². The maximum Gasteiger partial charge on any atom is 0.257 e. The van der Waals surface area contributed by atoms with Crippen LogP contribution in [-0.4, -0.2) is 57.2 Å². The molecule has 11 heteroatoms. The van der Waals surface area contributed by atoms with Crippen molar-refractivity contribution < 1.29 is 22.7 Å². The smallest absolute Gasteiger partial charge is 0.257 e. The first kappa shape index (κ1) is 22.9. The lowest BCUT2D eigenvalue weighted by atomic mass is 10.2. The molecule has 0 radical (unpaired) electrons.